The molecule has 1 heterocycles. The van der Waals surface area contributed by atoms with Crippen LogP contribution in [0, 0.1) is 0 Å². The third-order valence-corrected chi connectivity index (χ3v) is 5.09. The van der Waals surface area contributed by atoms with Gasteiger partial charge in [-0.05, 0) is 57.8 Å². The first-order chi connectivity index (χ1) is 14.8. The Bertz CT molecular complexity index is 610. The Hall–Kier alpha value is -2.13. The number of likely N-dealkylation sites (tertiary alicyclic amines) is 1. The second-order valence-corrected chi connectivity index (χ2v) is 7.57. The molecule has 2 N–H and O–H groups in total. The van der Waals surface area contributed by atoms with Crippen molar-refractivity contribution < 1.29 is 4.79 Å². The molecule has 1 fully saturated rings. The van der Waals surface area contributed by atoms with Crippen molar-refractivity contribution in [2.75, 3.05) is 13.1 Å². The van der Waals surface area contributed by atoms with E-state index in [9.17, 15) is 4.79 Å². The molecule has 0 aromatic heterocycles. The minimum Gasteiger partial charge on any atom is -0.338 e. The van der Waals surface area contributed by atoms with Crippen molar-refractivity contribution >= 4 is 5.91 Å². The van der Waals surface area contributed by atoms with E-state index in [1.54, 1.807) is 0 Å². The molecule has 1 saturated heterocycles. The second kappa shape index (κ2) is 18.9. The molecule has 0 radical (unpaired) electrons. The summed E-state index contributed by atoms with van der Waals surface area (Å²) >= 11 is 0. The lowest BCUT2D eigenvalue weighted by molar-refractivity contribution is -0.131. The molecule has 1 amide bonds. The predicted molar refractivity (Wildman–Crippen MR) is 131 cm³/mol. The Balaban J connectivity index is 2.00. The van der Waals surface area contributed by atoms with E-state index in [0.29, 0.717) is 13.0 Å². The van der Waals surface area contributed by atoms with Crippen molar-refractivity contribution in [1.82, 2.24) is 4.90 Å². The standard InChI is InChI=1S/C27H42N2O/c1-2-3-4-5-6-7-8-9-10-11-12-13-14-15-16-17-18-19-20-23-27(30)29-24-21-22-26(29)25-28/h3-4,6-7,9-10,12-13,15-16,18-19,26H,2,5,8,11,14,17,20-25,28H2,1H3. The molecule has 1 aliphatic heterocycles. The van der Waals surface area contributed by atoms with Crippen LogP contribution in [-0.2, 0) is 4.79 Å². The summed E-state index contributed by atoms with van der Waals surface area (Å²) in [5, 5.41) is 0. The van der Waals surface area contributed by atoms with Crippen molar-refractivity contribution in [1.29, 1.82) is 0 Å². The highest BCUT2D eigenvalue weighted by molar-refractivity contribution is 5.77. The molecule has 1 atom stereocenters. The lowest BCUT2D eigenvalue weighted by Gasteiger charge is -2.23. The Kier molecular flexibility index (Phi) is 16.3. The Morgan fingerprint density at radius 1 is 0.800 bits per heavy atom. The van der Waals surface area contributed by atoms with Gasteiger partial charge in [0.15, 0.2) is 0 Å². The van der Waals surface area contributed by atoms with E-state index in [-0.39, 0.29) is 11.9 Å². The summed E-state index contributed by atoms with van der Waals surface area (Å²) in [7, 11) is 0. The first kappa shape index (κ1) is 25.9. The number of hydrogen-bond acceptors (Lipinski definition) is 2. The number of carbonyl (C=O) groups excluding carboxylic acids is 1. The maximum Gasteiger partial charge on any atom is 0.223 e. The summed E-state index contributed by atoms with van der Waals surface area (Å²) in [5.41, 5.74) is 5.74. The van der Waals surface area contributed by atoms with Crippen LogP contribution in [-0.4, -0.2) is 29.9 Å². The highest BCUT2D eigenvalue weighted by atomic mass is 16.2. The quantitative estimate of drug-likeness (QED) is 0.317. The summed E-state index contributed by atoms with van der Waals surface area (Å²) in [6, 6.07) is 0.266. The summed E-state index contributed by atoms with van der Waals surface area (Å²) < 4.78 is 0. The lowest BCUT2D eigenvalue weighted by Crippen LogP contribution is -2.39. The molecular formula is C27H42N2O. The minimum atomic E-state index is 0.252. The summed E-state index contributed by atoms with van der Waals surface area (Å²) in [5.74, 6) is 0.252. The van der Waals surface area contributed by atoms with Crippen molar-refractivity contribution in [2.24, 2.45) is 5.73 Å². The van der Waals surface area contributed by atoms with Gasteiger partial charge in [-0.25, -0.2) is 0 Å². The first-order valence-corrected chi connectivity index (χ1v) is 11.7. The lowest BCUT2D eigenvalue weighted by atomic mass is 10.2. The van der Waals surface area contributed by atoms with Crippen LogP contribution in [0.25, 0.3) is 0 Å². The summed E-state index contributed by atoms with van der Waals surface area (Å²) in [4.78, 5) is 14.2. The third-order valence-electron chi connectivity index (χ3n) is 5.09. The summed E-state index contributed by atoms with van der Waals surface area (Å²) in [6.07, 6.45) is 35.9. The van der Waals surface area contributed by atoms with Crippen molar-refractivity contribution in [3.05, 3.63) is 72.9 Å². The fourth-order valence-electron chi connectivity index (χ4n) is 3.40. The molecule has 30 heavy (non-hydrogen) atoms. The van der Waals surface area contributed by atoms with E-state index in [2.05, 4.69) is 79.8 Å². The highest BCUT2D eigenvalue weighted by Crippen LogP contribution is 2.17. The van der Waals surface area contributed by atoms with Gasteiger partial charge in [0.2, 0.25) is 5.91 Å². The number of nitrogens with two attached hydrogens (primary N) is 1. The van der Waals surface area contributed by atoms with Gasteiger partial charge in [0.05, 0.1) is 0 Å². The van der Waals surface area contributed by atoms with Crippen molar-refractivity contribution in [3.63, 3.8) is 0 Å². The zero-order valence-corrected chi connectivity index (χ0v) is 18.9. The number of allylic oxidation sites excluding steroid dienone is 12. The van der Waals surface area contributed by atoms with E-state index in [1.807, 2.05) is 4.90 Å². The molecular weight excluding hydrogens is 368 g/mol. The maximum absolute atomic E-state index is 12.2. The van der Waals surface area contributed by atoms with Crippen molar-refractivity contribution in [3.8, 4) is 0 Å². The Labute approximate surface area is 184 Å². The van der Waals surface area contributed by atoms with Crippen LogP contribution >= 0.6 is 0 Å². The largest absolute Gasteiger partial charge is 0.338 e. The van der Waals surface area contributed by atoms with Crippen LogP contribution in [0.4, 0.5) is 0 Å². The Morgan fingerprint density at radius 3 is 1.73 bits per heavy atom. The van der Waals surface area contributed by atoms with Gasteiger partial charge in [0, 0.05) is 25.6 Å². The Morgan fingerprint density at radius 2 is 1.27 bits per heavy atom. The van der Waals surface area contributed by atoms with Crippen LogP contribution in [0.2, 0.25) is 0 Å². The average molecular weight is 411 g/mol. The first-order valence-electron chi connectivity index (χ1n) is 11.7. The fraction of sp³-hybridized carbons (Fsp3) is 0.519. The third kappa shape index (κ3) is 13.2. The number of amides is 1. The molecule has 0 bridgehead atoms. The van der Waals surface area contributed by atoms with Gasteiger partial charge in [-0.3, -0.25) is 4.79 Å². The van der Waals surface area contributed by atoms with Crippen LogP contribution in [0.15, 0.2) is 72.9 Å². The minimum absolute atomic E-state index is 0.252. The molecule has 166 valence electrons. The van der Waals surface area contributed by atoms with Gasteiger partial charge in [0.1, 0.15) is 0 Å². The topological polar surface area (TPSA) is 46.3 Å². The van der Waals surface area contributed by atoms with Gasteiger partial charge >= 0.3 is 0 Å². The highest BCUT2D eigenvalue weighted by Gasteiger charge is 2.26. The molecule has 0 aromatic carbocycles. The molecule has 3 nitrogen and oxygen atoms in total. The van der Waals surface area contributed by atoms with E-state index in [0.717, 1.165) is 64.3 Å². The maximum atomic E-state index is 12.2. The van der Waals surface area contributed by atoms with E-state index in [1.165, 1.54) is 0 Å². The molecule has 0 spiro atoms. The number of carbonyl (C=O) groups is 1. The average Bonchev–Trinajstić information content (AvgIpc) is 3.24. The summed E-state index contributed by atoms with van der Waals surface area (Å²) in [6.45, 7) is 3.62. The van der Waals surface area contributed by atoms with E-state index < -0.39 is 0 Å². The molecule has 0 aromatic rings. The van der Waals surface area contributed by atoms with Crippen LogP contribution in [0.1, 0.15) is 71.1 Å². The SMILES string of the molecule is CCC=CCC=CCC=CCC=CCC=CCC=CCCC(=O)N1CCCC1CN. The normalized spacial score (nSPS) is 18.1. The zero-order chi connectivity index (χ0) is 21.7. The van der Waals surface area contributed by atoms with Gasteiger partial charge in [-0.15, -0.1) is 0 Å². The van der Waals surface area contributed by atoms with E-state index >= 15 is 0 Å². The van der Waals surface area contributed by atoms with Crippen LogP contribution < -0.4 is 5.73 Å². The van der Waals surface area contributed by atoms with Crippen molar-refractivity contribution in [2.45, 2.75) is 77.2 Å². The van der Waals surface area contributed by atoms with Gasteiger partial charge < -0.3 is 10.6 Å². The molecule has 1 aliphatic rings. The smallest absolute Gasteiger partial charge is 0.223 e. The number of rotatable bonds is 15. The second-order valence-electron chi connectivity index (χ2n) is 7.57. The van der Waals surface area contributed by atoms with Gasteiger partial charge in [0.25, 0.3) is 0 Å². The fourth-order valence-corrected chi connectivity index (χ4v) is 3.40. The van der Waals surface area contributed by atoms with Crippen LogP contribution in [0.3, 0.4) is 0 Å². The zero-order valence-electron chi connectivity index (χ0n) is 18.9. The van der Waals surface area contributed by atoms with Gasteiger partial charge in [-0.2, -0.15) is 0 Å². The molecule has 3 heteroatoms. The predicted octanol–water partition coefficient (Wildman–Crippen LogP) is 6.41. The molecule has 1 rings (SSSR count). The molecule has 0 saturated carbocycles. The number of nitrogens with zero attached hydrogens (tertiary/aromatic N) is 1. The monoisotopic (exact) mass is 410 g/mol. The number of hydrogen-bond donors (Lipinski definition) is 1. The van der Waals surface area contributed by atoms with Gasteiger partial charge in [-0.1, -0.05) is 79.8 Å². The van der Waals surface area contributed by atoms with E-state index in [4.69, 9.17) is 5.73 Å². The van der Waals surface area contributed by atoms with Crippen LogP contribution in [0.5, 0.6) is 0 Å². The molecule has 0 aliphatic carbocycles. The molecule has 1 unspecified atom stereocenters.